The SMILES string of the molecule is COc1ccc([C@H]2CC(c3ccccc3)=NN2c2ccc(/C=N\NC(=O)c3ccccc3[N+](=O)[O-])cc2)cc1. The van der Waals surface area contributed by atoms with Gasteiger partial charge >= 0.3 is 0 Å². The minimum absolute atomic E-state index is 0.00609. The molecule has 9 nitrogen and oxygen atoms in total. The van der Waals surface area contributed by atoms with Crippen molar-refractivity contribution in [2.75, 3.05) is 12.1 Å². The molecule has 0 aliphatic carbocycles. The number of amides is 1. The monoisotopic (exact) mass is 519 g/mol. The Bertz CT molecular complexity index is 1530. The Labute approximate surface area is 225 Å². The van der Waals surface area contributed by atoms with Gasteiger partial charge < -0.3 is 4.74 Å². The maximum Gasteiger partial charge on any atom is 0.282 e. The summed E-state index contributed by atoms with van der Waals surface area (Å²) >= 11 is 0. The van der Waals surface area contributed by atoms with E-state index in [0.29, 0.717) is 0 Å². The van der Waals surface area contributed by atoms with Crippen LogP contribution in [-0.4, -0.2) is 29.9 Å². The lowest BCUT2D eigenvalue weighted by Gasteiger charge is -2.24. The molecule has 4 aromatic rings. The van der Waals surface area contributed by atoms with E-state index >= 15 is 0 Å². The number of methoxy groups -OCH3 is 1. The van der Waals surface area contributed by atoms with Gasteiger partial charge in [-0.2, -0.15) is 10.2 Å². The third kappa shape index (κ3) is 5.67. The van der Waals surface area contributed by atoms with Crippen molar-refractivity contribution in [3.63, 3.8) is 0 Å². The molecule has 194 valence electrons. The van der Waals surface area contributed by atoms with Crippen molar-refractivity contribution in [3.8, 4) is 5.75 Å². The number of carbonyl (C=O) groups excluding carboxylic acids is 1. The normalized spacial score (nSPS) is 14.7. The van der Waals surface area contributed by atoms with Gasteiger partial charge in [-0.15, -0.1) is 0 Å². The molecule has 1 aliphatic rings. The average molecular weight is 520 g/mol. The molecule has 39 heavy (non-hydrogen) atoms. The van der Waals surface area contributed by atoms with Gasteiger partial charge in [-0.25, -0.2) is 5.43 Å². The zero-order valence-electron chi connectivity index (χ0n) is 21.1. The minimum atomic E-state index is -0.655. The number of hydrogen-bond donors (Lipinski definition) is 1. The number of rotatable bonds is 8. The number of para-hydroxylation sites is 1. The number of hydrazone groups is 2. The molecule has 0 saturated heterocycles. The zero-order chi connectivity index (χ0) is 27.2. The van der Waals surface area contributed by atoms with E-state index in [4.69, 9.17) is 9.84 Å². The number of nitrogens with zero attached hydrogens (tertiary/aromatic N) is 4. The van der Waals surface area contributed by atoms with Crippen LogP contribution in [0.5, 0.6) is 5.75 Å². The van der Waals surface area contributed by atoms with Crippen molar-refractivity contribution >= 4 is 29.2 Å². The number of nitro groups is 1. The number of anilines is 1. The van der Waals surface area contributed by atoms with Crippen molar-refractivity contribution in [3.05, 3.63) is 135 Å². The number of nitro benzene ring substituents is 1. The van der Waals surface area contributed by atoms with E-state index in [1.165, 1.54) is 24.4 Å². The number of nitrogens with one attached hydrogen (secondary N) is 1. The van der Waals surface area contributed by atoms with Crippen LogP contribution in [0.15, 0.2) is 113 Å². The molecule has 1 atom stereocenters. The van der Waals surface area contributed by atoms with E-state index in [2.05, 4.69) is 34.8 Å². The minimum Gasteiger partial charge on any atom is -0.497 e. The van der Waals surface area contributed by atoms with E-state index < -0.39 is 10.8 Å². The molecule has 0 spiro atoms. The van der Waals surface area contributed by atoms with E-state index in [9.17, 15) is 14.9 Å². The van der Waals surface area contributed by atoms with Gasteiger partial charge in [0.25, 0.3) is 11.6 Å². The molecular formula is C30H25N5O4. The van der Waals surface area contributed by atoms with Gasteiger partial charge in [0.15, 0.2) is 0 Å². The zero-order valence-corrected chi connectivity index (χ0v) is 21.1. The molecule has 1 heterocycles. The van der Waals surface area contributed by atoms with Crippen molar-refractivity contribution < 1.29 is 14.5 Å². The van der Waals surface area contributed by atoms with Crippen LogP contribution < -0.4 is 15.2 Å². The summed E-state index contributed by atoms with van der Waals surface area (Å²) in [4.78, 5) is 23.0. The Morgan fingerprint density at radius 1 is 1.00 bits per heavy atom. The largest absolute Gasteiger partial charge is 0.497 e. The highest BCUT2D eigenvalue weighted by Gasteiger charge is 2.30. The molecular weight excluding hydrogens is 494 g/mol. The molecule has 1 aliphatic heterocycles. The Hall–Kier alpha value is -5.31. The third-order valence-electron chi connectivity index (χ3n) is 6.40. The fraction of sp³-hybridized carbons (Fsp3) is 0.100. The lowest BCUT2D eigenvalue weighted by atomic mass is 9.98. The molecule has 0 unspecified atom stereocenters. The lowest BCUT2D eigenvalue weighted by Crippen LogP contribution is -2.19. The van der Waals surface area contributed by atoms with Crippen LogP contribution in [0.1, 0.15) is 39.5 Å². The summed E-state index contributed by atoms with van der Waals surface area (Å²) in [5, 5.41) is 22.1. The predicted molar refractivity (Wildman–Crippen MR) is 150 cm³/mol. The van der Waals surface area contributed by atoms with Crippen LogP contribution >= 0.6 is 0 Å². The van der Waals surface area contributed by atoms with Crippen molar-refractivity contribution in [2.45, 2.75) is 12.5 Å². The highest BCUT2D eigenvalue weighted by atomic mass is 16.6. The molecule has 0 saturated carbocycles. The smallest absolute Gasteiger partial charge is 0.282 e. The molecule has 1 amide bonds. The molecule has 0 bridgehead atoms. The molecule has 5 rings (SSSR count). The predicted octanol–water partition coefficient (Wildman–Crippen LogP) is 5.72. The number of carbonyl (C=O) groups is 1. The van der Waals surface area contributed by atoms with Crippen molar-refractivity contribution in [1.29, 1.82) is 0 Å². The summed E-state index contributed by atoms with van der Waals surface area (Å²) in [6.07, 6.45) is 2.23. The van der Waals surface area contributed by atoms with Gasteiger partial charge in [0.1, 0.15) is 11.3 Å². The Morgan fingerprint density at radius 2 is 1.69 bits per heavy atom. The maximum atomic E-state index is 12.4. The van der Waals surface area contributed by atoms with E-state index in [1.54, 1.807) is 13.2 Å². The van der Waals surface area contributed by atoms with Crippen LogP contribution in [0.4, 0.5) is 11.4 Å². The summed E-state index contributed by atoms with van der Waals surface area (Å²) in [5.74, 6) is 0.141. The first-order valence-electron chi connectivity index (χ1n) is 12.3. The first-order chi connectivity index (χ1) is 19.0. The van der Waals surface area contributed by atoms with Gasteiger partial charge in [0, 0.05) is 12.5 Å². The number of hydrogen-bond acceptors (Lipinski definition) is 7. The fourth-order valence-electron chi connectivity index (χ4n) is 4.40. The quantitative estimate of drug-likeness (QED) is 0.182. The van der Waals surface area contributed by atoms with Gasteiger partial charge in [-0.3, -0.25) is 19.9 Å². The Balaban J connectivity index is 1.34. The van der Waals surface area contributed by atoms with Crippen LogP contribution in [0.2, 0.25) is 0 Å². The first-order valence-corrected chi connectivity index (χ1v) is 12.3. The molecule has 0 aromatic heterocycles. The number of benzene rings is 4. The van der Waals surface area contributed by atoms with Gasteiger partial charge in [-0.1, -0.05) is 66.7 Å². The molecule has 9 heteroatoms. The second-order valence-electron chi connectivity index (χ2n) is 8.82. The van der Waals surface area contributed by atoms with Gasteiger partial charge in [0.2, 0.25) is 0 Å². The van der Waals surface area contributed by atoms with Crippen molar-refractivity contribution in [2.24, 2.45) is 10.2 Å². The standard InChI is InChI=1S/C30H25N5O4/c1-39-25-17-13-23(14-18-25)29-19-27(22-7-3-2-4-8-22)33-34(29)24-15-11-21(12-16-24)20-31-32-30(36)26-9-5-6-10-28(26)35(37)38/h2-18,20,29H,19H2,1H3,(H,32,36)/b31-20-/t29-/m1/s1. The fourth-order valence-corrected chi connectivity index (χ4v) is 4.40. The Kier molecular flexibility index (Phi) is 7.40. The summed E-state index contributed by atoms with van der Waals surface area (Å²) in [7, 11) is 1.65. The molecule has 1 N–H and O–H groups in total. The van der Waals surface area contributed by atoms with Crippen molar-refractivity contribution in [1.82, 2.24) is 5.43 Å². The molecule has 0 fully saturated rings. The van der Waals surface area contributed by atoms with Gasteiger partial charge in [0.05, 0.1) is 35.7 Å². The summed E-state index contributed by atoms with van der Waals surface area (Å²) < 4.78 is 5.32. The second kappa shape index (κ2) is 11.4. The molecule has 4 aromatic carbocycles. The lowest BCUT2D eigenvalue weighted by molar-refractivity contribution is -0.385. The summed E-state index contributed by atoms with van der Waals surface area (Å²) in [6, 6.07) is 31.5. The highest BCUT2D eigenvalue weighted by molar-refractivity contribution is 6.03. The number of ether oxygens (including phenoxy) is 1. The second-order valence-corrected chi connectivity index (χ2v) is 8.82. The van der Waals surface area contributed by atoms with E-state index in [-0.39, 0.29) is 17.3 Å². The molecule has 0 radical (unpaired) electrons. The van der Waals surface area contributed by atoms with Gasteiger partial charge in [-0.05, 0) is 47.0 Å². The highest BCUT2D eigenvalue weighted by Crippen LogP contribution is 2.37. The summed E-state index contributed by atoms with van der Waals surface area (Å²) in [5.41, 5.74) is 6.88. The van der Waals surface area contributed by atoms with E-state index in [1.807, 2.05) is 59.6 Å². The Morgan fingerprint density at radius 3 is 2.38 bits per heavy atom. The third-order valence-corrected chi connectivity index (χ3v) is 6.40. The van der Waals surface area contributed by atoms with Crippen LogP contribution in [-0.2, 0) is 0 Å². The van der Waals surface area contributed by atoms with Crippen LogP contribution in [0.25, 0.3) is 0 Å². The topological polar surface area (TPSA) is 109 Å². The van der Waals surface area contributed by atoms with Crippen LogP contribution in [0, 0.1) is 10.1 Å². The van der Waals surface area contributed by atoms with E-state index in [0.717, 1.165) is 40.3 Å². The first kappa shape index (κ1) is 25.3. The van der Waals surface area contributed by atoms with Crippen LogP contribution in [0.3, 0.4) is 0 Å². The average Bonchev–Trinajstić information content (AvgIpc) is 3.43. The maximum absolute atomic E-state index is 12.4. The summed E-state index contributed by atoms with van der Waals surface area (Å²) in [6.45, 7) is 0.